The normalized spacial score (nSPS) is 12.9. The Bertz CT molecular complexity index is 533. The number of para-hydroxylation sites is 1. The molecular weight excluding hydrogens is 190 g/mol. The van der Waals surface area contributed by atoms with Gasteiger partial charge in [0.2, 0.25) is 0 Å². The molecule has 2 rings (SSSR count). The van der Waals surface area contributed by atoms with Crippen LogP contribution in [0.3, 0.4) is 0 Å². The molecular formula is C11H13N3O. The third kappa shape index (κ3) is 1.64. The molecule has 1 aromatic heterocycles. The molecule has 1 heterocycles. The van der Waals surface area contributed by atoms with Crippen LogP contribution in [0.5, 0.6) is 0 Å². The largest absolute Gasteiger partial charge is 0.300 e. The molecule has 4 nitrogen and oxygen atoms in total. The molecule has 2 aromatic rings. The lowest BCUT2D eigenvalue weighted by Crippen LogP contribution is -2.30. The quantitative estimate of drug-likeness (QED) is 0.796. The van der Waals surface area contributed by atoms with Crippen LogP contribution < -0.4 is 10.9 Å². The van der Waals surface area contributed by atoms with Crippen LogP contribution in [0, 0.1) is 0 Å². The lowest BCUT2D eigenvalue weighted by atomic mass is 10.2. The van der Waals surface area contributed by atoms with E-state index < -0.39 is 0 Å². The van der Waals surface area contributed by atoms with E-state index in [9.17, 15) is 4.79 Å². The minimum atomic E-state index is -0.0467. The van der Waals surface area contributed by atoms with Gasteiger partial charge in [-0.15, -0.1) is 0 Å². The van der Waals surface area contributed by atoms with Crippen LogP contribution in [0.25, 0.3) is 10.9 Å². The van der Waals surface area contributed by atoms with E-state index in [2.05, 4.69) is 10.3 Å². The predicted octanol–water partition coefficient (Wildman–Crippen LogP) is 1.13. The highest BCUT2D eigenvalue weighted by atomic mass is 16.1. The first-order valence-corrected chi connectivity index (χ1v) is 4.87. The third-order valence-corrected chi connectivity index (χ3v) is 2.53. The zero-order valence-corrected chi connectivity index (χ0v) is 8.77. The Balaban J connectivity index is 2.71. The molecule has 0 fully saturated rings. The van der Waals surface area contributed by atoms with Crippen molar-refractivity contribution < 1.29 is 0 Å². The van der Waals surface area contributed by atoms with E-state index in [0.29, 0.717) is 5.39 Å². The van der Waals surface area contributed by atoms with Crippen molar-refractivity contribution >= 4 is 10.9 Å². The Morgan fingerprint density at radius 2 is 2.13 bits per heavy atom. The van der Waals surface area contributed by atoms with Gasteiger partial charge in [-0.3, -0.25) is 9.36 Å². The summed E-state index contributed by atoms with van der Waals surface area (Å²) in [7, 11) is 1.81. The van der Waals surface area contributed by atoms with Crippen LogP contribution in [0.2, 0.25) is 0 Å². The fourth-order valence-corrected chi connectivity index (χ4v) is 1.50. The Kier molecular flexibility index (Phi) is 2.51. The first kappa shape index (κ1) is 9.86. The number of hydrogen-bond acceptors (Lipinski definition) is 3. The van der Waals surface area contributed by atoms with Gasteiger partial charge in [0.05, 0.1) is 23.4 Å². The molecule has 0 spiro atoms. The maximum Gasteiger partial charge on any atom is 0.262 e. The number of benzene rings is 1. The van der Waals surface area contributed by atoms with Gasteiger partial charge in [0, 0.05) is 0 Å². The number of nitrogens with one attached hydrogen (secondary N) is 1. The van der Waals surface area contributed by atoms with Crippen LogP contribution in [0.4, 0.5) is 0 Å². The predicted molar refractivity (Wildman–Crippen MR) is 59.8 cm³/mol. The number of fused-ring (bicyclic) bond motifs is 1. The Morgan fingerprint density at radius 1 is 1.40 bits per heavy atom. The van der Waals surface area contributed by atoms with E-state index in [4.69, 9.17) is 0 Å². The highest BCUT2D eigenvalue weighted by Crippen LogP contribution is 2.06. The monoisotopic (exact) mass is 203 g/mol. The minimum absolute atomic E-state index is 0.0116. The second-order valence-electron chi connectivity index (χ2n) is 3.44. The summed E-state index contributed by atoms with van der Waals surface area (Å²) in [5.41, 5.74) is 0.726. The van der Waals surface area contributed by atoms with Gasteiger partial charge in [-0.25, -0.2) is 4.98 Å². The number of nitrogens with zero attached hydrogens (tertiary/aromatic N) is 2. The molecule has 15 heavy (non-hydrogen) atoms. The standard InChI is InChI=1S/C11H13N3O/c1-8(12-2)14-7-13-10-6-4-3-5-9(10)11(14)15/h3-8,12H,1-2H3. The molecule has 4 heteroatoms. The van der Waals surface area contributed by atoms with Crippen LogP contribution in [0.1, 0.15) is 13.1 Å². The first-order chi connectivity index (χ1) is 7.24. The molecule has 1 unspecified atom stereocenters. The van der Waals surface area contributed by atoms with Gasteiger partial charge in [-0.2, -0.15) is 0 Å². The SMILES string of the molecule is CNC(C)n1cnc2ccccc2c1=O. The number of hydrogen-bond donors (Lipinski definition) is 1. The van der Waals surface area contributed by atoms with Gasteiger partial charge < -0.3 is 5.32 Å². The zero-order valence-electron chi connectivity index (χ0n) is 8.77. The van der Waals surface area contributed by atoms with E-state index in [1.165, 1.54) is 0 Å². The molecule has 0 aliphatic carbocycles. The van der Waals surface area contributed by atoms with Gasteiger partial charge in [0.25, 0.3) is 5.56 Å². The van der Waals surface area contributed by atoms with Crippen molar-refractivity contribution in [3.05, 3.63) is 40.9 Å². The number of rotatable bonds is 2. The summed E-state index contributed by atoms with van der Waals surface area (Å²) < 4.78 is 1.59. The molecule has 0 amide bonds. The molecule has 1 N–H and O–H groups in total. The average Bonchev–Trinajstić information content (AvgIpc) is 2.29. The number of aromatic nitrogens is 2. The van der Waals surface area contributed by atoms with Crippen molar-refractivity contribution in [2.24, 2.45) is 0 Å². The Labute approximate surface area is 87.6 Å². The van der Waals surface area contributed by atoms with Crippen LogP contribution >= 0.6 is 0 Å². The minimum Gasteiger partial charge on any atom is -0.300 e. The van der Waals surface area contributed by atoms with Crippen molar-refractivity contribution in [2.75, 3.05) is 7.05 Å². The van der Waals surface area contributed by atoms with Crippen molar-refractivity contribution in [2.45, 2.75) is 13.1 Å². The molecule has 1 atom stereocenters. The summed E-state index contributed by atoms with van der Waals surface area (Å²) in [6.45, 7) is 1.91. The van der Waals surface area contributed by atoms with E-state index in [1.807, 2.05) is 32.2 Å². The molecule has 1 aromatic carbocycles. The summed E-state index contributed by atoms with van der Waals surface area (Å²) in [5, 5.41) is 3.66. The second kappa shape index (κ2) is 3.82. The van der Waals surface area contributed by atoms with Gasteiger partial charge in [-0.05, 0) is 26.1 Å². The topological polar surface area (TPSA) is 46.9 Å². The molecule has 0 aliphatic rings. The molecule has 78 valence electrons. The molecule has 0 radical (unpaired) electrons. The van der Waals surface area contributed by atoms with Gasteiger partial charge in [0.15, 0.2) is 0 Å². The fraction of sp³-hybridized carbons (Fsp3) is 0.273. The average molecular weight is 203 g/mol. The van der Waals surface area contributed by atoms with Crippen LogP contribution in [-0.4, -0.2) is 16.6 Å². The summed E-state index contributed by atoms with van der Waals surface area (Å²) in [6.07, 6.45) is 1.53. The lowest BCUT2D eigenvalue weighted by Gasteiger charge is -2.13. The first-order valence-electron chi connectivity index (χ1n) is 4.87. The lowest BCUT2D eigenvalue weighted by molar-refractivity contribution is 0.460. The van der Waals surface area contributed by atoms with Crippen molar-refractivity contribution in [3.63, 3.8) is 0 Å². The zero-order chi connectivity index (χ0) is 10.8. The van der Waals surface area contributed by atoms with Gasteiger partial charge >= 0.3 is 0 Å². The summed E-state index contributed by atoms with van der Waals surface area (Å²) in [6, 6.07) is 7.36. The van der Waals surface area contributed by atoms with Crippen LogP contribution in [0.15, 0.2) is 35.4 Å². The smallest absolute Gasteiger partial charge is 0.262 e. The summed E-state index contributed by atoms with van der Waals surface area (Å²) in [4.78, 5) is 16.2. The maximum absolute atomic E-state index is 12.0. The summed E-state index contributed by atoms with van der Waals surface area (Å²) in [5.74, 6) is 0. The van der Waals surface area contributed by atoms with E-state index in [0.717, 1.165) is 5.52 Å². The third-order valence-electron chi connectivity index (χ3n) is 2.53. The van der Waals surface area contributed by atoms with Crippen LogP contribution in [-0.2, 0) is 0 Å². The summed E-state index contributed by atoms with van der Waals surface area (Å²) >= 11 is 0. The Hall–Kier alpha value is -1.68. The molecule has 0 saturated carbocycles. The molecule has 0 bridgehead atoms. The molecule has 0 aliphatic heterocycles. The van der Waals surface area contributed by atoms with Gasteiger partial charge in [0.1, 0.15) is 0 Å². The molecule has 0 saturated heterocycles. The van der Waals surface area contributed by atoms with Crippen molar-refractivity contribution in [1.29, 1.82) is 0 Å². The van der Waals surface area contributed by atoms with Gasteiger partial charge in [-0.1, -0.05) is 12.1 Å². The second-order valence-corrected chi connectivity index (χ2v) is 3.44. The Morgan fingerprint density at radius 3 is 2.87 bits per heavy atom. The van der Waals surface area contributed by atoms with Crippen molar-refractivity contribution in [3.8, 4) is 0 Å². The van der Waals surface area contributed by atoms with E-state index in [-0.39, 0.29) is 11.7 Å². The van der Waals surface area contributed by atoms with E-state index >= 15 is 0 Å². The highest BCUT2D eigenvalue weighted by molar-refractivity contribution is 5.76. The highest BCUT2D eigenvalue weighted by Gasteiger charge is 2.06. The van der Waals surface area contributed by atoms with E-state index in [1.54, 1.807) is 17.0 Å². The van der Waals surface area contributed by atoms with Crippen molar-refractivity contribution in [1.82, 2.24) is 14.9 Å². The maximum atomic E-state index is 12.0. The fourth-order valence-electron chi connectivity index (χ4n) is 1.50.